The Labute approximate surface area is 104 Å². The first-order valence-electron chi connectivity index (χ1n) is 5.91. The van der Waals surface area contributed by atoms with Gasteiger partial charge in [0, 0.05) is 12.5 Å². The van der Waals surface area contributed by atoms with Crippen molar-refractivity contribution in [3.05, 3.63) is 39.9 Å². The van der Waals surface area contributed by atoms with Crippen LogP contribution in [-0.2, 0) is 4.79 Å². The van der Waals surface area contributed by atoms with E-state index >= 15 is 0 Å². The van der Waals surface area contributed by atoms with E-state index in [0.29, 0.717) is 12.8 Å². The SMILES string of the molecule is O=C1CCCCC1C(=O)c1ccccc1[N+](=O)[O-]. The Morgan fingerprint density at radius 2 is 2.00 bits per heavy atom. The lowest BCUT2D eigenvalue weighted by Crippen LogP contribution is -2.27. The molecule has 0 aromatic heterocycles. The molecule has 1 atom stereocenters. The molecule has 0 radical (unpaired) electrons. The lowest BCUT2D eigenvalue weighted by molar-refractivity contribution is -0.385. The van der Waals surface area contributed by atoms with Crippen LogP contribution in [-0.4, -0.2) is 16.5 Å². The number of benzene rings is 1. The van der Waals surface area contributed by atoms with E-state index in [0.717, 1.165) is 12.8 Å². The Bertz CT molecular complexity index is 509. The Kier molecular flexibility index (Phi) is 3.50. The van der Waals surface area contributed by atoms with Crippen molar-refractivity contribution in [1.29, 1.82) is 0 Å². The first kappa shape index (κ1) is 12.4. The maximum atomic E-state index is 12.2. The summed E-state index contributed by atoms with van der Waals surface area (Å²) in [6, 6.07) is 5.80. The molecule has 1 saturated carbocycles. The van der Waals surface area contributed by atoms with Gasteiger partial charge < -0.3 is 0 Å². The third-order valence-electron chi connectivity index (χ3n) is 3.24. The Morgan fingerprint density at radius 1 is 1.28 bits per heavy atom. The van der Waals surface area contributed by atoms with Gasteiger partial charge in [-0.25, -0.2) is 0 Å². The second kappa shape index (κ2) is 5.08. The molecule has 0 saturated heterocycles. The summed E-state index contributed by atoms with van der Waals surface area (Å²) in [4.78, 5) is 34.2. The molecule has 1 aliphatic rings. The molecule has 1 aromatic rings. The van der Waals surface area contributed by atoms with Crippen LogP contribution in [0.2, 0.25) is 0 Å². The second-order valence-corrected chi connectivity index (χ2v) is 4.40. The van der Waals surface area contributed by atoms with Crippen LogP contribution >= 0.6 is 0 Å². The standard InChI is InChI=1S/C13H13NO4/c15-12-8-4-2-6-10(12)13(16)9-5-1-3-7-11(9)14(17)18/h1,3,5,7,10H,2,4,6,8H2. The summed E-state index contributed by atoms with van der Waals surface area (Å²) >= 11 is 0. The number of carbonyl (C=O) groups excluding carboxylic acids is 2. The lowest BCUT2D eigenvalue weighted by atomic mass is 9.82. The van der Waals surface area contributed by atoms with Crippen molar-refractivity contribution in [3.63, 3.8) is 0 Å². The van der Waals surface area contributed by atoms with Gasteiger partial charge in [0.2, 0.25) is 0 Å². The fourth-order valence-electron chi connectivity index (χ4n) is 2.29. The third kappa shape index (κ3) is 2.30. The van der Waals surface area contributed by atoms with Gasteiger partial charge in [-0.15, -0.1) is 0 Å². The van der Waals surface area contributed by atoms with Crippen LogP contribution in [0.5, 0.6) is 0 Å². The maximum absolute atomic E-state index is 12.2. The molecule has 0 amide bonds. The molecular formula is C13H13NO4. The van der Waals surface area contributed by atoms with Crippen molar-refractivity contribution in [2.75, 3.05) is 0 Å². The quantitative estimate of drug-likeness (QED) is 0.356. The van der Waals surface area contributed by atoms with Gasteiger partial charge in [0.05, 0.1) is 16.4 Å². The molecule has 1 aromatic carbocycles. The number of nitro benzene ring substituents is 1. The van der Waals surface area contributed by atoms with Crippen molar-refractivity contribution in [2.24, 2.45) is 5.92 Å². The summed E-state index contributed by atoms with van der Waals surface area (Å²) < 4.78 is 0. The predicted octanol–water partition coefficient (Wildman–Crippen LogP) is 2.54. The van der Waals surface area contributed by atoms with Gasteiger partial charge >= 0.3 is 0 Å². The minimum atomic E-state index is -0.695. The van der Waals surface area contributed by atoms with Crippen LogP contribution in [0, 0.1) is 16.0 Å². The minimum absolute atomic E-state index is 0.0442. The smallest absolute Gasteiger partial charge is 0.280 e. The molecule has 0 heterocycles. The van der Waals surface area contributed by atoms with Gasteiger partial charge in [0.25, 0.3) is 5.69 Å². The normalized spacial score (nSPS) is 19.6. The van der Waals surface area contributed by atoms with E-state index in [1.807, 2.05) is 0 Å². The number of nitrogens with zero attached hydrogens (tertiary/aromatic N) is 1. The van der Waals surface area contributed by atoms with Crippen LogP contribution in [0.4, 0.5) is 5.69 Å². The lowest BCUT2D eigenvalue weighted by Gasteiger charge is -2.18. The van der Waals surface area contributed by atoms with Crippen LogP contribution in [0.1, 0.15) is 36.0 Å². The Hall–Kier alpha value is -2.04. The van der Waals surface area contributed by atoms with E-state index < -0.39 is 16.6 Å². The third-order valence-corrected chi connectivity index (χ3v) is 3.24. The van der Waals surface area contributed by atoms with Crippen molar-refractivity contribution in [1.82, 2.24) is 0 Å². The highest BCUT2D eigenvalue weighted by atomic mass is 16.6. The molecule has 0 spiro atoms. The summed E-state index contributed by atoms with van der Waals surface area (Å²) in [5, 5.41) is 10.9. The van der Waals surface area contributed by atoms with Gasteiger partial charge in [-0.3, -0.25) is 19.7 Å². The molecule has 1 aliphatic carbocycles. The van der Waals surface area contributed by atoms with Gasteiger partial charge in [0.1, 0.15) is 5.78 Å². The topological polar surface area (TPSA) is 77.3 Å². The summed E-state index contributed by atoms with van der Waals surface area (Å²) in [5.74, 6) is -1.20. The molecule has 1 fully saturated rings. The zero-order valence-electron chi connectivity index (χ0n) is 9.80. The highest BCUT2D eigenvalue weighted by molar-refractivity contribution is 6.12. The van der Waals surface area contributed by atoms with Crippen LogP contribution in [0.3, 0.4) is 0 Å². The molecule has 5 heteroatoms. The first-order valence-corrected chi connectivity index (χ1v) is 5.91. The molecular weight excluding hydrogens is 234 g/mol. The number of Topliss-reactive ketones (excluding diaryl/α,β-unsaturated/α-hetero) is 2. The summed E-state index contributed by atoms with van der Waals surface area (Å²) in [6.07, 6.45) is 2.53. The molecule has 0 N–H and O–H groups in total. The number of rotatable bonds is 3. The van der Waals surface area contributed by atoms with Crippen molar-refractivity contribution in [2.45, 2.75) is 25.7 Å². The fraction of sp³-hybridized carbons (Fsp3) is 0.385. The molecule has 1 unspecified atom stereocenters. The average molecular weight is 247 g/mol. The van der Waals surface area contributed by atoms with Gasteiger partial charge in [-0.05, 0) is 18.9 Å². The van der Waals surface area contributed by atoms with Crippen molar-refractivity contribution >= 4 is 17.3 Å². The Balaban J connectivity index is 2.33. The van der Waals surface area contributed by atoms with Crippen LogP contribution < -0.4 is 0 Å². The molecule has 2 rings (SSSR count). The first-order chi connectivity index (χ1) is 8.61. The van der Waals surface area contributed by atoms with Crippen LogP contribution in [0.15, 0.2) is 24.3 Å². The van der Waals surface area contributed by atoms with Crippen molar-refractivity contribution < 1.29 is 14.5 Å². The number of ketones is 2. The zero-order chi connectivity index (χ0) is 13.1. The van der Waals surface area contributed by atoms with E-state index in [-0.39, 0.29) is 17.0 Å². The van der Waals surface area contributed by atoms with E-state index in [4.69, 9.17) is 0 Å². The van der Waals surface area contributed by atoms with E-state index in [2.05, 4.69) is 0 Å². The monoisotopic (exact) mass is 247 g/mol. The fourth-order valence-corrected chi connectivity index (χ4v) is 2.29. The zero-order valence-corrected chi connectivity index (χ0v) is 9.80. The van der Waals surface area contributed by atoms with Crippen molar-refractivity contribution in [3.8, 4) is 0 Å². The number of para-hydroxylation sites is 1. The predicted molar refractivity (Wildman–Crippen MR) is 64.4 cm³/mol. The van der Waals surface area contributed by atoms with E-state index in [1.165, 1.54) is 18.2 Å². The number of nitro groups is 1. The van der Waals surface area contributed by atoms with Gasteiger partial charge in [0.15, 0.2) is 5.78 Å². The number of hydrogen-bond acceptors (Lipinski definition) is 4. The summed E-state index contributed by atoms with van der Waals surface area (Å²) in [7, 11) is 0. The highest BCUT2D eigenvalue weighted by Crippen LogP contribution is 2.27. The minimum Gasteiger partial charge on any atom is -0.299 e. The van der Waals surface area contributed by atoms with Gasteiger partial charge in [-0.2, -0.15) is 0 Å². The number of hydrogen-bond donors (Lipinski definition) is 0. The van der Waals surface area contributed by atoms with Gasteiger partial charge in [-0.1, -0.05) is 18.6 Å². The van der Waals surface area contributed by atoms with E-state index in [9.17, 15) is 19.7 Å². The number of carbonyl (C=O) groups is 2. The maximum Gasteiger partial charge on any atom is 0.280 e. The Morgan fingerprint density at radius 3 is 2.67 bits per heavy atom. The second-order valence-electron chi connectivity index (χ2n) is 4.40. The molecule has 94 valence electrons. The average Bonchev–Trinajstić information content (AvgIpc) is 2.38. The molecule has 0 aliphatic heterocycles. The van der Waals surface area contributed by atoms with Crippen LogP contribution in [0.25, 0.3) is 0 Å². The van der Waals surface area contributed by atoms with E-state index in [1.54, 1.807) is 6.07 Å². The summed E-state index contributed by atoms with van der Waals surface area (Å²) in [6.45, 7) is 0. The molecule has 18 heavy (non-hydrogen) atoms. The largest absolute Gasteiger partial charge is 0.299 e. The highest BCUT2D eigenvalue weighted by Gasteiger charge is 2.32. The molecule has 5 nitrogen and oxygen atoms in total. The molecule has 0 bridgehead atoms. The summed E-state index contributed by atoms with van der Waals surface area (Å²) in [5.41, 5.74) is -0.177.